The Morgan fingerprint density at radius 3 is 2.87 bits per heavy atom. The van der Waals surface area contributed by atoms with Crippen LogP contribution in [-0.2, 0) is 22.6 Å². The zero-order valence-corrected chi connectivity index (χ0v) is 18.5. The van der Waals surface area contributed by atoms with E-state index in [1.807, 2.05) is 23.5 Å². The van der Waals surface area contributed by atoms with Crippen LogP contribution in [0.15, 0.2) is 36.7 Å². The van der Waals surface area contributed by atoms with Crippen LogP contribution in [0.5, 0.6) is 0 Å². The maximum Gasteiger partial charge on any atom is 0.220 e. The fraction of sp³-hybridized carbons (Fsp3) is 0.583. The summed E-state index contributed by atoms with van der Waals surface area (Å²) in [6.07, 6.45) is 11.5. The Morgan fingerprint density at radius 1 is 1.20 bits per heavy atom. The molecule has 2 fully saturated rings. The number of carbonyl (C=O) groups is 1. The molecule has 1 N–H and O–H groups in total. The van der Waals surface area contributed by atoms with Crippen molar-refractivity contribution in [2.24, 2.45) is 5.92 Å². The van der Waals surface area contributed by atoms with Gasteiger partial charge in [0.15, 0.2) is 0 Å². The van der Waals surface area contributed by atoms with E-state index in [1.165, 1.54) is 41.9 Å². The molecule has 2 aliphatic heterocycles. The molecule has 2 saturated heterocycles. The number of nitrogens with one attached hydrogen (secondary N) is 1. The average molecular weight is 428 g/mol. The summed E-state index contributed by atoms with van der Waals surface area (Å²) >= 11 is 1.93. The average Bonchev–Trinajstić information content (AvgIpc) is 3.27. The summed E-state index contributed by atoms with van der Waals surface area (Å²) in [5, 5.41) is 3.01. The number of amides is 1. The van der Waals surface area contributed by atoms with Gasteiger partial charge in [-0.05, 0) is 81.3 Å². The number of hydrogen-bond acceptors (Lipinski definition) is 5. The molecule has 0 radical (unpaired) electrons. The van der Waals surface area contributed by atoms with Crippen LogP contribution in [0, 0.1) is 5.92 Å². The van der Waals surface area contributed by atoms with Crippen molar-refractivity contribution in [2.45, 2.75) is 64.1 Å². The second kappa shape index (κ2) is 11.0. The maximum atomic E-state index is 12.1. The van der Waals surface area contributed by atoms with Crippen LogP contribution >= 0.6 is 11.3 Å². The van der Waals surface area contributed by atoms with Crippen molar-refractivity contribution in [3.63, 3.8) is 0 Å². The third kappa shape index (κ3) is 6.37. The van der Waals surface area contributed by atoms with Crippen molar-refractivity contribution in [3.05, 3.63) is 52.0 Å². The molecule has 4 heterocycles. The number of thiophene rings is 1. The summed E-state index contributed by atoms with van der Waals surface area (Å²) in [4.78, 5) is 21.6. The van der Waals surface area contributed by atoms with Crippen molar-refractivity contribution in [3.8, 4) is 0 Å². The smallest absolute Gasteiger partial charge is 0.220 e. The lowest BCUT2D eigenvalue weighted by atomic mass is 9.92. The summed E-state index contributed by atoms with van der Waals surface area (Å²) in [5.41, 5.74) is 1.05. The monoisotopic (exact) mass is 427 g/mol. The van der Waals surface area contributed by atoms with E-state index in [-0.39, 0.29) is 5.91 Å². The molecule has 4 rings (SSSR count). The van der Waals surface area contributed by atoms with E-state index in [0.717, 1.165) is 38.2 Å². The van der Waals surface area contributed by atoms with Crippen LogP contribution < -0.4 is 5.32 Å². The topological polar surface area (TPSA) is 54.5 Å². The molecule has 2 aliphatic rings. The van der Waals surface area contributed by atoms with Gasteiger partial charge in [0.25, 0.3) is 0 Å². The lowest BCUT2D eigenvalue weighted by Crippen LogP contribution is -2.33. The Bertz CT molecular complexity index is 781. The molecule has 0 aromatic carbocycles. The summed E-state index contributed by atoms with van der Waals surface area (Å²) in [7, 11) is 0. The van der Waals surface area contributed by atoms with Crippen molar-refractivity contribution >= 4 is 17.2 Å². The number of likely N-dealkylation sites (tertiary alicyclic amines) is 1. The number of pyridine rings is 1. The van der Waals surface area contributed by atoms with E-state index in [2.05, 4.69) is 27.3 Å². The number of piperidine rings is 1. The van der Waals surface area contributed by atoms with E-state index < -0.39 is 0 Å². The quantitative estimate of drug-likeness (QED) is 0.664. The first-order valence-corrected chi connectivity index (χ1v) is 12.2. The highest BCUT2D eigenvalue weighted by atomic mass is 32.1. The minimum atomic E-state index is 0.150. The molecule has 0 aliphatic carbocycles. The summed E-state index contributed by atoms with van der Waals surface area (Å²) in [5.74, 6) is 0.817. The standard InChI is InChI=1S/C24H33N3O2S/c28-24(26-17-20-4-3-12-25-16-20)9-6-19-10-13-27(14-11-19)18-21-7-8-23(30-21)22-5-1-2-15-29-22/h3-4,7-8,12,16,19,22H,1-2,5-6,9-11,13-15,17-18H2,(H,26,28). The largest absolute Gasteiger partial charge is 0.373 e. The van der Waals surface area contributed by atoms with E-state index >= 15 is 0 Å². The predicted molar refractivity (Wildman–Crippen MR) is 120 cm³/mol. The lowest BCUT2D eigenvalue weighted by Gasteiger charge is -2.31. The molecular formula is C24H33N3O2S. The van der Waals surface area contributed by atoms with Crippen molar-refractivity contribution in [2.75, 3.05) is 19.7 Å². The van der Waals surface area contributed by atoms with Gasteiger partial charge in [0.05, 0.1) is 6.10 Å². The van der Waals surface area contributed by atoms with Gasteiger partial charge in [-0.15, -0.1) is 11.3 Å². The predicted octanol–water partition coefficient (Wildman–Crippen LogP) is 4.69. The number of aromatic nitrogens is 1. The van der Waals surface area contributed by atoms with Gasteiger partial charge in [0.2, 0.25) is 5.91 Å². The normalized spacial score (nSPS) is 20.9. The number of rotatable bonds is 8. The highest BCUT2D eigenvalue weighted by Gasteiger charge is 2.22. The molecule has 1 atom stereocenters. The summed E-state index contributed by atoms with van der Waals surface area (Å²) in [6.45, 7) is 4.80. The Labute approximate surface area is 183 Å². The SMILES string of the molecule is O=C(CCC1CCN(Cc2ccc(C3CCCCO3)s2)CC1)NCc1cccnc1. The molecule has 6 heteroatoms. The molecule has 0 spiro atoms. The molecule has 30 heavy (non-hydrogen) atoms. The summed E-state index contributed by atoms with van der Waals surface area (Å²) in [6, 6.07) is 8.45. The van der Waals surface area contributed by atoms with Crippen LogP contribution in [0.2, 0.25) is 0 Å². The molecular weight excluding hydrogens is 394 g/mol. The van der Waals surface area contributed by atoms with Gasteiger partial charge in [-0.1, -0.05) is 6.07 Å². The minimum Gasteiger partial charge on any atom is -0.373 e. The van der Waals surface area contributed by atoms with Crippen LogP contribution in [0.3, 0.4) is 0 Å². The zero-order valence-electron chi connectivity index (χ0n) is 17.7. The molecule has 1 unspecified atom stereocenters. The van der Waals surface area contributed by atoms with Gasteiger partial charge in [-0.3, -0.25) is 14.7 Å². The maximum absolute atomic E-state index is 12.1. The Kier molecular flexibility index (Phi) is 7.89. The Hall–Kier alpha value is -1.76. The fourth-order valence-corrected chi connectivity index (χ4v) is 5.54. The summed E-state index contributed by atoms with van der Waals surface area (Å²) < 4.78 is 5.93. The lowest BCUT2D eigenvalue weighted by molar-refractivity contribution is -0.121. The molecule has 0 saturated carbocycles. The fourth-order valence-electron chi connectivity index (χ4n) is 4.40. The first kappa shape index (κ1) is 21.5. The Balaban J connectivity index is 1.13. The number of carbonyl (C=O) groups excluding carboxylic acids is 1. The van der Waals surface area contributed by atoms with Crippen LogP contribution in [-0.4, -0.2) is 35.5 Å². The van der Waals surface area contributed by atoms with Gasteiger partial charge in [-0.2, -0.15) is 0 Å². The Morgan fingerprint density at radius 2 is 2.10 bits per heavy atom. The molecule has 162 valence electrons. The van der Waals surface area contributed by atoms with Crippen molar-refractivity contribution in [1.29, 1.82) is 0 Å². The molecule has 1 amide bonds. The highest BCUT2D eigenvalue weighted by molar-refractivity contribution is 7.12. The van der Waals surface area contributed by atoms with E-state index in [1.54, 1.807) is 12.4 Å². The van der Waals surface area contributed by atoms with Crippen molar-refractivity contribution < 1.29 is 9.53 Å². The number of ether oxygens (including phenoxy) is 1. The molecule has 2 aromatic rings. The van der Waals surface area contributed by atoms with Gasteiger partial charge in [0.1, 0.15) is 0 Å². The number of hydrogen-bond donors (Lipinski definition) is 1. The molecule has 2 aromatic heterocycles. The molecule has 5 nitrogen and oxygen atoms in total. The first-order valence-electron chi connectivity index (χ1n) is 11.3. The van der Waals surface area contributed by atoms with E-state index in [9.17, 15) is 4.79 Å². The second-order valence-corrected chi connectivity index (χ2v) is 9.76. The van der Waals surface area contributed by atoms with Gasteiger partial charge < -0.3 is 10.1 Å². The minimum absolute atomic E-state index is 0.150. The van der Waals surface area contributed by atoms with Crippen LogP contribution in [0.4, 0.5) is 0 Å². The van der Waals surface area contributed by atoms with Crippen LogP contribution in [0.25, 0.3) is 0 Å². The van der Waals surface area contributed by atoms with E-state index in [0.29, 0.717) is 25.0 Å². The molecule has 0 bridgehead atoms. The zero-order chi connectivity index (χ0) is 20.6. The van der Waals surface area contributed by atoms with Gasteiger partial charge in [-0.25, -0.2) is 0 Å². The second-order valence-electron chi connectivity index (χ2n) is 8.56. The third-order valence-electron chi connectivity index (χ3n) is 6.26. The van der Waals surface area contributed by atoms with Gasteiger partial charge >= 0.3 is 0 Å². The first-order chi connectivity index (χ1) is 14.8. The van der Waals surface area contributed by atoms with Crippen molar-refractivity contribution in [1.82, 2.24) is 15.2 Å². The number of nitrogens with zero attached hydrogens (tertiary/aromatic N) is 2. The van der Waals surface area contributed by atoms with E-state index in [4.69, 9.17) is 4.74 Å². The van der Waals surface area contributed by atoms with Crippen LogP contribution in [0.1, 0.15) is 66.4 Å². The van der Waals surface area contributed by atoms with Gasteiger partial charge in [0, 0.05) is 48.3 Å². The highest BCUT2D eigenvalue weighted by Crippen LogP contribution is 2.33. The third-order valence-corrected chi connectivity index (χ3v) is 7.42.